The second-order valence-electron chi connectivity index (χ2n) is 6.28. The third-order valence-corrected chi connectivity index (χ3v) is 5.82. The highest BCUT2D eigenvalue weighted by molar-refractivity contribution is 7.91. The average molecular weight is 368 g/mol. The Kier molecular flexibility index (Phi) is 5.99. The van der Waals surface area contributed by atoms with E-state index >= 15 is 0 Å². The van der Waals surface area contributed by atoms with E-state index in [0.717, 1.165) is 0 Å². The fourth-order valence-electron chi connectivity index (χ4n) is 2.66. The van der Waals surface area contributed by atoms with Crippen molar-refractivity contribution in [3.8, 4) is 0 Å². The summed E-state index contributed by atoms with van der Waals surface area (Å²) in [7, 11) is 0.607. The average Bonchev–Trinajstić information content (AvgIpc) is 2.90. The second-order valence-corrected chi connectivity index (χ2v) is 8.51. The van der Waals surface area contributed by atoms with Gasteiger partial charge in [-0.05, 0) is 25.5 Å². The standard InChI is InChI=1S/C16H24N4O4S/c1-4-20(10-15(21)18-13-6-8-25(23,24)11-13)16(22)12-5-7-17-14(9-12)19(2)3/h5,7,9,13H,4,6,8,10-11H2,1-3H3,(H,18,21)/t13-/m1/s1. The lowest BCUT2D eigenvalue weighted by atomic mass is 10.2. The highest BCUT2D eigenvalue weighted by atomic mass is 32.2. The van der Waals surface area contributed by atoms with Gasteiger partial charge in [-0.15, -0.1) is 0 Å². The quantitative estimate of drug-likeness (QED) is 0.753. The van der Waals surface area contributed by atoms with Crippen LogP contribution in [0.3, 0.4) is 0 Å². The van der Waals surface area contributed by atoms with Crippen molar-refractivity contribution in [2.24, 2.45) is 0 Å². The summed E-state index contributed by atoms with van der Waals surface area (Å²) in [5.41, 5.74) is 0.455. The van der Waals surface area contributed by atoms with E-state index in [9.17, 15) is 18.0 Å². The number of nitrogens with zero attached hydrogens (tertiary/aromatic N) is 3. The molecule has 0 spiro atoms. The topological polar surface area (TPSA) is 99.7 Å². The molecule has 1 fully saturated rings. The predicted octanol–water partition coefficient (Wildman–Crippen LogP) is -0.0870. The Labute approximate surface area is 148 Å². The van der Waals surface area contributed by atoms with Gasteiger partial charge in [0, 0.05) is 38.4 Å². The summed E-state index contributed by atoms with van der Waals surface area (Å²) in [5, 5.41) is 2.70. The van der Waals surface area contributed by atoms with Crippen molar-refractivity contribution in [3.63, 3.8) is 0 Å². The monoisotopic (exact) mass is 368 g/mol. The Morgan fingerprint density at radius 2 is 2.08 bits per heavy atom. The van der Waals surface area contributed by atoms with E-state index in [1.54, 1.807) is 30.2 Å². The maximum Gasteiger partial charge on any atom is 0.254 e. The van der Waals surface area contributed by atoms with Crippen molar-refractivity contribution < 1.29 is 18.0 Å². The first-order valence-corrected chi connectivity index (χ1v) is 9.96. The Balaban J connectivity index is 2.00. The van der Waals surface area contributed by atoms with E-state index in [1.807, 2.05) is 14.1 Å². The molecule has 1 aliphatic heterocycles. The van der Waals surface area contributed by atoms with Gasteiger partial charge in [0.2, 0.25) is 5.91 Å². The summed E-state index contributed by atoms with van der Waals surface area (Å²) in [5.74, 6) is 0.109. The van der Waals surface area contributed by atoms with Crippen LogP contribution in [0.15, 0.2) is 18.3 Å². The molecule has 1 saturated heterocycles. The lowest BCUT2D eigenvalue weighted by molar-refractivity contribution is -0.122. The molecule has 0 aromatic carbocycles. The molecule has 1 aromatic heterocycles. The SMILES string of the molecule is CCN(CC(=O)N[C@@H]1CCS(=O)(=O)C1)C(=O)c1ccnc(N(C)C)c1. The summed E-state index contributed by atoms with van der Waals surface area (Å²) < 4.78 is 22.9. The van der Waals surface area contributed by atoms with Gasteiger partial charge in [-0.3, -0.25) is 9.59 Å². The lowest BCUT2D eigenvalue weighted by Crippen LogP contribution is -2.44. The molecular weight excluding hydrogens is 344 g/mol. The summed E-state index contributed by atoms with van der Waals surface area (Å²) >= 11 is 0. The number of sulfone groups is 1. The first-order valence-electron chi connectivity index (χ1n) is 8.14. The van der Waals surface area contributed by atoms with Crippen LogP contribution in [0.25, 0.3) is 0 Å². The van der Waals surface area contributed by atoms with E-state index in [2.05, 4.69) is 10.3 Å². The number of aromatic nitrogens is 1. The zero-order valence-corrected chi connectivity index (χ0v) is 15.5. The van der Waals surface area contributed by atoms with Crippen LogP contribution in [0.1, 0.15) is 23.7 Å². The summed E-state index contributed by atoms with van der Waals surface area (Å²) in [4.78, 5) is 32.2. The molecular formula is C16H24N4O4S. The van der Waals surface area contributed by atoms with Crippen molar-refractivity contribution in [2.75, 3.05) is 43.6 Å². The van der Waals surface area contributed by atoms with E-state index in [0.29, 0.717) is 24.3 Å². The van der Waals surface area contributed by atoms with Crippen LogP contribution in [0.2, 0.25) is 0 Å². The van der Waals surface area contributed by atoms with Crippen molar-refractivity contribution in [1.82, 2.24) is 15.2 Å². The molecule has 1 atom stereocenters. The van der Waals surface area contributed by atoms with E-state index in [4.69, 9.17) is 0 Å². The highest BCUT2D eigenvalue weighted by Gasteiger charge is 2.29. The van der Waals surface area contributed by atoms with E-state index in [1.165, 1.54) is 4.90 Å². The largest absolute Gasteiger partial charge is 0.363 e. The van der Waals surface area contributed by atoms with Gasteiger partial charge in [-0.1, -0.05) is 0 Å². The predicted molar refractivity (Wildman–Crippen MR) is 95.3 cm³/mol. The molecule has 1 aliphatic rings. The molecule has 0 radical (unpaired) electrons. The Morgan fingerprint density at radius 3 is 2.64 bits per heavy atom. The number of nitrogens with one attached hydrogen (secondary N) is 1. The van der Waals surface area contributed by atoms with Gasteiger partial charge in [-0.2, -0.15) is 0 Å². The summed E-state index contributed by atoms with van der Waals surface area (Å²) in [6, 6.07) is 2.92. The van der Waals surface area contributed by atoms with Gasteiger partial charge < -0.3 is 15.1 Å². The fourth-order valence-corrected chi connectivity index (χ4v) is 4.33. The first kappa shape index (κ1) is 19.2. The molecule has 25 heavy (non-hydrogen) atoms. The summed E-state index contributed by atoms with van der Waals surface area (Å²) in [6.07, 6.45) is 1.98. The number of amides is 2. The van der Waals surface area contributed by atoms with Crippen molar-refractivity contribution in [2.45, 2.75) is 19.4 Å². The van der Waals surface area contributed by atoms with Gasteiger partial charge in [0.05, 0.1) is 18.1 Å². The zero-order valence-electron chi connectivity index (χ0n) is 14.7. The van der Waals surface area contributed by atoms with Crippen LogP contribution in [-0.2, 0) is 14.6 Å². The lowest BCUT2D eigenvalue weighted by Gasteiger charge is -2.22. The van der Waals surface area contributed by atoms with Gasteiger partial charge in [-0.25, -0.2) is 13.4 Å². The van der Waals surface area contributed by atoms with Crippen LogP contribution in [0.5, 0.6) is 0 Å². The number of hydrogen-bond donors (Lipinski definition) is 1. The number of hydrogen-bond acceptors (Lipinski definition) is 6. The fraction of sp³-hybridized carbons (Fsp3) is 0.562. The zero-order chi connectivity index (χ0) is 18.6. The molecule has 2 heterocycles. The minimum absolute atomic E-state index is 0.0324. The van der Waals surface area contributed by atoms with Gasteiger partial charge >= 0.3 is 0 Å². The molecule has 1 aromatic rings. The van der Waals surface area contributed by atoms with E-state index in [-0.39, 0.29) is 35.9 Å². The maximum atomic E-state index is 12.6. The number of rotatable bonds is 6. The smallest absolute Gasteiger partial charge is 0.254 e. The molecule has 2 amide bonds. The molecule has 0 unspecified atom stereocenters. The molecule has 0 aliphatic carbocycles. The minimum Gasteiger partial charge on any atom is -0.363 e. The third-order valence-electron chi connectivity index (χ3n) is 4.05. The van der Waals surface area contributed by atoms with Crippen LogP contribution in [-0.4, -0.2) is 74.8 Å². The minimum atomic E-state index is -3.05. The maximum absolute atomic E-state index is 12.6. The van der Waals surface area contributed by atoms with E-state index < -0.39 is 9.84 Å². The van der Waals surface area contributed by atoms with Gasteiger partial charge in [0.15, 0.2) is 9.84 Å². The normalized spacial score (nSPS) is 18.6. The van der Waals surface area contributed by atoms with Crippen molar-refractivity contribution in [3.05, 3.63) is 23.9 Å². The number of pyridine rings is 1. The van der Waals surface area contributed by atoms with Crippen LogP contribution in [0, 0.1) is 0 Å². The number of carbonyl (C=O) groups excluding carboxylic acids is 2. The Morgan fingerprint density at radius 1 is 1.36 bits per heavy atom. The van der Waals surface area contributed by atoms with Crippen LogP contribution >= 0.6 is 0 Å². The third kappa shape index (κ3) is 5.15. The van der Waals surface area contributed by atoms with Crippen LogP contribution in [0.4, 0.5) is 5.82 Å². The molecule has 0 saturated carbocycles. The van der Waals surface area contributed by atoms with Gasteiger partial charge in [0.1, 0.15) is 5.82 Å². The highest BCUT2D eigenvalue weighted by Crippen LogP contribution is 2.13. The Hall–Kier alpha value is -2.16. The molecule has 2 rings (SSSR count). The summed E-state index contributed by atoms with van der Waals surface area (Å²) in [6.45, 7) is 2.06. The molecule has 0 bridgehead atoms. The van der Waals surface area contributed by atoms with Crippen LogP contribution < -0.4 is 10.2 Å². The second kappa shape index (κ2) is 7.81. The van der Waals surface area contributed by atoms with Crippen molar-refractivity contribution >= 4 is 27.5 Å². The Bertz CT molecular complexity index is 748. The molecule has 9 heteroatoms. The van der Waals surface area contributed by atoms with Gasteiger partial charge in [0.25, 0.3) is 5.91 Å². The molecule has 1 N–H and O–H groups in total. The molecule has 8 nitrogen and oxygen atoms in total. The molecule has 138 valence electrons. The number of anilines is 1. The first-order chi connectivity index (χ1) is 11.7. The van der Waals surface area contributed by atoms with Crippen molar-refractivity contribution in [1.29, 1.82) is 0 Å². The number of likely N-dealkylation sites (N-methyl/N-ethyl adjacent to an activating group) is 1. The number of carbonyl (C=O) groups is 2.